The van der Waals surface area contributed by atoms with Crippen LogP contribution in [0.2, 0.25) is 5.02 Å². The molecule has 0 spiro atoms. The third kappa shape index (κ3) is 2.95. The summed E-state index contributed by atoms with van der Waals surface area (Å²) in [6.45, 7) is 0.611. The van der Waals surface area contributed by atoms with E-state index in [4.69, 9.17) is 22.3 Å². The molecule has 7 heteroatoms. The van der Waals surface area contributed by atoms with Crippen molar-refractivity contribution in [1.29, 1.82) is 0 Å². The monoisotopic (exact) mass is 383 g/mol. The largest absolute Gasteiger partial charge is 0.382 e. The molecule has 2 heterocycles. The minimum Gasteiger partial charge on any atom is -0.382 e. The Hall–Kier alpha value is -2.44. The number of anilines is 2. The van der Waals surface area contributed by atoms with E-state index in [2.05, 4.69) is 40.5 Å². The Morgan fingerprint density at radius 1 is 1.08 bits per heavy atom. The lowest BCUT2D eigenvalue weighted by atomic mass is 10.1. The fourth-order valence-electron chi connectivity index (χ4n) is 3.06. The van der Waals surface area contributed by atoms with Crippen LogP contribution in [0.4, 0.5) is 17.3 Å². The Balaban J connectivity index is 1.85. The fourth-order valence-corrected chi connectivity index (χ4v) is 3.59. The van der Waals surface area contributed by atoms with Gasteiger partial charge in [-0.2, -0.15) is 5.10 Å². The topological polar surface area (TPSA) is 59.4 Å². The molecule has 0 aliphatic carbocycles. The van der Waals surface area contributed by atoms with Crippen LogP contribution < -0.4 is 10.6 Å². The van der Waals surface area contributed by atoms with Crippen molar-refractivity contribution in [3.63, 3.8) is 0 Å². The van der Waals surface area contributed by atoms with Gasteiger partial charge in [0.1, 0.15) is 5.84 Å². The van der Waals surface area contributed by atoms with Gasteiger partial charge in [-0.3, -0.25) is 0 Å². The van der Waals surface area contributed by atoms with Crippen molar-refractivity contribution in [3.05, 3.63) is 64.7 Å². The van der Waals surface area contributed by atoms with Crippen molar-refractivity contribution in [2.24, 2.45) is 12.0 Å². The summed E-state index contributed by atoms with van der Waals surface area (Å²) in [5, 5.41) is 5.03. The first kappa shape index (κ1) is 17.0. The number of hydrogen-bond acceptors (Lipinski definition) is 5. The molecule has 132 valence electrons. The van der Waals surface area contributed by atoms with E-state index in [1.54, 1.807) is 16.4 Å². The quantitative estimate of drug-likeness (QED) is 0.677. The lowest BCUT2D eigenvalue weighted by Gasteiger charge is -2.30. The van der Waals surface area contributed by atoms with Gasteiger partial charge in [0.2, 0.25) is 0 Å². The number of benzene rings is 2. The third-order valence-corrected chi connectivity index (χ3v) is 5.41. The van der Waals surface area contributed by atoms with Crippen LogP contribution in [-0.4, -0.2) is 21.9 Å². The van der Waals surface area contributed by atoms with Gasteiger partial charge in [0.05, 0.1) is 12.1 Å². The number of rotatable bonds is 3. The van der Waals surface area contributed by atoms with Gasteiger partial charge in [-0.05, 0) is 42.7 Å². The molecule has 5 nitrogen and oxygen atoms in total. The summed E-state index contributed by atoms with van der Waals surface area (Å²) < 4.78 is 1.74. The summed E-state index contributed by atoms with van der Waals surface area (Å²) >= 11 is 7.78. The minimum absolute atomic E-state index is 0.516. The second-order valence-electron chi connectivity index (χ2n) is 6.04. The minimum atomic E-state index is 0.516. The molecule has 1 aliphatic heterocycles. The number of fused-ring (bicyclic) bond motifs is 1. The van der Waals surface area contributed by atoms with E-state index in [9.17, 15) is 0 Å². The van der Waals surface area contributed by atoms with Gasteiger partial charge in [-0.25, -0.2) is 9.67 Å². The maximum atomic E-state index is 6.10. The molecule has 0 amide bonds. The zero-order chi connectivity index (χ0) is 18.3. The maximum absolute atomic E-state index is 6.10. The van der Waals surface area contributed by atoms with Crippen LogP contribution in [-0.2, 0) is 13.6 Å². The van der Waals surface area contributed by atoms with Crippen LogP contribution in [0, 0.1) is 0 Å². The molecule has 1 aliphatic rings. The Morgan fingerprint density at radius 3 is 2.42 bits per heavy atom. The highest BCUT2D eigenvalue weighted by Gasteiger charge is 2.27. The molecular weight excluding hydrogens is 366 g/mol. The summed E-state index contributed by atoms with van der Waals surface area (Å²) in [6, 6.07) is 16.2. The van der Waals surface area contributed by atoms with Crippen LogP contribution in [0.1, 0.15) is 11.1 Å². The summed E-state index contributed by atoms with van der Waals surface area (Å²) in [5.41, 5.74) is 9.09. The molecular formula is C19H18ClN5S. The fraction of sp³-hybridized carbons (Fsp3) is 0.158. The maximum Gasteiger partial charge on any atom is 0.159 e. The molecule has 1 aromatic heterocycles. The number of nitrogens with two attached hydrogens (primary N) is 1. The zero-order valence-corrected chi connectivity index (χ0v) is 16.1. The number of nitrogens with zero attached hydrogens (tertiary/aromatic N) is 4. The first-order valence-corrected chi connectivity index (χ1v) is 9.74. The first-order valence-electron chi connectivity index (χ1n) is 8.14. The second kappa shape index (κ2) is 6.70. The van der Waals surface area contributed by atoms with Gasteiger partial charge in [-0.15, -0.1) is 11.8 Å². The normalized spacial score (nSPS) is 13.5. The van der Waals surface area contributed by atoms with Crippen molar-refractivity contribution >= 4 is 46.5 Å². The molecule has 0 saturated carbocycles. The van der Waals surface area contributed by atoms with Crippen LogP contribution in [0.25, 0.3) is 0 Å². The highest BCUT2D eigenvalue weighted by Crippen LogP contribution is 2.34. The predicted octanol–water partition coefficient (Wildman–Crippen LogP) is 4.48. The Kier molecular flexibility index (Phi) is 4.38. The Bertz CT molecular complexity index is 976. The number of halogens is 1. The van der Waals surface area contributed by atoms with Crippen LogP contribution >= 0.6 is 23.4 Å². The summed E-state index contributed by atoms with van der Waals surface area (Å²) in [4.78, 5) is 8.25. The van der Waals surface area contributed by atoms with Crippen molar-refractivity contribution in [2.45, 2.75) is 11.4 Å². The number of aromatic nitrogens is 2. The number of hydrogen-bond donors (Lipinski definition) is 1. The summed E-state index contributed by atoms with van der Waals surface area (Å²) in [7, 11) is 1.87. The van der Waals surface area contributed by atoms with Gasteiger partial charge in [0, 0.05) is 28.2 Å². The van der Waals surface area contributed by atoms with E-state index in [1.165, 1.54) is 4.90 Å². The molecule has 4 rings (SSSR count). The number of nitrogen functional groups attached to an aromatic ring is 1. The van der Waals surface area contributed by atoms with Crippen molar-refractivity contribution < 1.29 is 0 Å². The van der Waals surface area contributed by atoms with Crippen LogP contribution in [0.3, 0.4) is 0 Å². The molecule has 0 atom stereocenters. The zero-order valence-electron chi connectivity index (χ0n) is 14.5. The molecule has 0 saturated heterocycles. The summed E-state index contributed by atoms with van der Waals surface area (Å²) in [5.74, 6) is 2.19. The average molecular weight is 384 g/mol. The van der Waals surface area contributed by atoms with E-state index in [1.807, 2.05) is 31.3 Å². The smallest absolute Gasteiger partial charge is 0.159 e. The highest BCUT2D eigenvalue weighted by atomic mass is 35.5. The molecule has 2 aromatic carbocycles. The van der Waals surface area contributed by atoms with Gasteiger partial charge in [0.15, 0.2) is 11.6 Å². The molecule has 3 aromatic rings. The van der Waals surface area contributed by atoms with Crippen molar-refractivity contribution in [1.82, 2.24) is 9.78 Å². The lowest BCUT2D eigenvalue weighted by molar-refractivity contribution is 0.770. The average Bonchev–Trinajstić information content (AvgIpc) is 2.95. The van der Waals surface area contributed by atoms with E-state index in [-0.39, 0.29) is 0 Å². The predicted molar refractivity (Wildman–Crippen MR) is 110 cm³/mol. The van der Waals surface area contributed by atoms with Crippen molar-refractivity contribution in [3.8, 4) is 0 Å². The highest BCUT2D eigenvalue weighted by molar-refractivity contribution is 7.98. The first-order chi connectivity index (χ1) is 12.6. The standard InChI is InChI=1S/C19H18ClN5S/c1-24-19-16(17(21)23-24)11-25(14-7-5-13(20)6-8-14)18(22-19)12-3-9-15(26-2)10-4-12/h3-10H,11H2,1-2H3,(H2,21,23). The Morgan fingerprint density at radius 2 is 1.77 bits per heavy atom. The number of amidine groups is 1. The van der Waals surface area contributed by atoms with Gasteiger partial charge in [0.25, 0.3) is 0 Å². The van der Waals surface area contributed by atoms with E-state index in [0.29, 0.717) is 17.4 Å². The van der Waals surface area contributed by atoms with Crippen LogP contribution in [0.15, 0.2) is 58.4 Å². The summed E-state index contributed by atoms with van der Waals surface area (Å²) in [6.07, 6.45) is 2.07. The van der Waals surface area contributed by atoms with Gasteiger partial charge in [-0.1, -0.05) is 23.7 Å². The molecule has 0 radical (unpaired) electrons. The molecule has 0 bridgehead atoms. The Labute approximate surface area is 161 Å². The number of aryl methyl sites for hydroxylation is 1. The van der Waals surface area contributed by atoms with Crippen LogP contribution in [0.5, 0.6) is 0 Å². The third-order valence-electron chi connectivity index (χ3n) is 4.41. The van der Waals surface area contributed by atoms with E-state index < -0.39 is 0 Å². The van der Waals surface area contributed by atoms with Gasteiger partial charge >= 0.3 is 0 Å². The molecule has 0 unspecified atom stereocenters. The van der Waals surface area contributed by atoms with E-state index >= 15 is 0 Å². The number of aliphatic imine (C=N–C) groups is 1. The lowest BCUT2D eigenvalue weighted by Crippen LogP contribution is -2.33. The number of thioether (sulfide) groups is 1. The molecule has 2 N–H and O–H groups in total. The van der Waals surface area contributed by atoms with E-state index in [0.717, 1.165) is 28.5 Å². The van der Waals surface area contributed by atoms with Gasteiger partial charge < -0.3 is 10.6 Å². The molecule has 0 fully saturated rings. The molecule has 26 heavy (non-hydrogen) atoms. The SMILES string of the molecule is CSc1ccc(C2=Nc3c(c(N)nn3C)CN2c2ccc(Cl)cc2)cc1. The second-order valence-corrected chi connectivity index (χ2v) is 7.35. The van der Waals surface area contributed by atoms with Crippen molar-refractivity contribution in [2.75, 3.05) is 16.9 Å².